The van der Waals surface area contributed by atoms with Gasteiger partial charge in [0.1, 0.15) is 10.4 Å². The van der Waals surface area contributed by atoms with Crippen molar-refractivity contribution in [3.63, 3.8) is 0 Å². The quantitative estimate of drug-likeness (QED) is 0.792. The molecule has 0 aliphatic rings. The molecule has 0 fully saturated rings. The lowest BCUT2D eigenvalue weighted by Crippen LogP contribution is -2.14. The Labute approximate surface area is 124 Å². The minimum Gasteiger partial charge on any atom is -0.444 e. The zero-order valence-electron chi connectivity index (χ0n) is 11.2. The highest BCUT2D eigenvalue weighted by Crippen LogP contribution is 2.11. The zero-order valence-corrected chi connectivity index (χ0v) is 12.8. The van der Waals surface area contributed by atoms with Crippen LogP contribution in [0.15, 0.2) is 27.6 Å². The van der Waals surface area contributed by atoms with Gasteiger partial charge in [-0.3, -0.25) is 4.40 Å². The molecule has 3 rings (SSSR count). The van der Waals surface area contributed by atoms with Gasteiger partial charge >= 0.3 is 0 Å². The fourth-order valence-electron chi connectivity index (χ4n) is 1.96. The second-order valence-corrected chi connectivity index (χ2v) is 5.35. The van der Waals surface area contributed by atoms with Gasteiger partial charge in [-0.05, 0) is 29.8 Å². The SMILES string of the molecule is Cc1nc(CNCc2cnc3cnc(Br)cn23)oc1C. The van der Waals surface area contributed by atoms with Crippen LogP contribution in [0.25, 0.3) is 5.65 Å². The van der Waals surface area contributed by atoms with Gasteiger partial charge in [0.05, 0.1) is 30.3 Å². The summed E-state index contributed by atoms with van der Waals surface area (Å²) in [6.07, 6.45) is 5.47. The summed E-state index contributed by atoms with van der Waals surface area (Å²) in [5.41, 5.74) is 2.82. The van der Waals surface area contributed by atoms with Crippen molar-refractivity contribution in [2.75, 3.05) is 0 Å². The Morgan fingerprint density at radius 1 is 1.25 bits per heavy atom. The highest BCUT2D eigenvalue weighted by molar-refractivity contribution is 9.10. The molecule has 104 valence electrons. The van der Waals surface area contributed by atoms with E-state index in [4.69, 9.17) is 4.42 Å². The molecule has 1 N–H and O–H groups in total. The van der Waals surface area contributed by atoms with Crippen molar-refractivity contribution in [1.29, 1.82) is 0 Å². The molecule has 0 aromatic carbocycles. The summed E-state index contributed by atoms with van der Waals surface area (Å²) in [5, 5.41) is 3.30. The molecule has 3 aromatic heterocycles. The number of halogens is 1. The number of fused-ring (bicyclic) bond motifs is 1. The van der Waals surface area contributed by atoms with Gasteiger partial charge in [0, 0.05) is 12.7 Å². The van der Waals surface area contributed by atoms with Crippen LogP contribution in [0.4, 0.5) is 0 Å². The number of imidazole rings is 1. The number of hydrogen-bond acceptors (Lipinski definition) is 5. The smallest absolute Gasteiger partial charge is 0.208 e. The van der Waals surface area contributed by atoms with Crippen LogP contribution in [0.5, 0.6) is 0 Å². The van der Waals surface area contributed by atoms with Crippen LogP contribution in [0.1, 0.15) is 23.0 Å². The van der Waals surface area contributed by atoms with E-state index in [0.29, 0.717) is 19.0 Å². The van der Waals surface area contributed by atoms with Gasteiger partial charge in [-0.1, -0.05) is 0 Å². The molecule has 0 unspecified atom stereocenters. The molecule has 3 heterocycles. The monoisotopic (exact) mass is 335 g/mol. The second-order valence-electron chi connectivity index (χ2n) is 4.54. The van der Waals surface area contributed by atoms with Crippen molar-refractivity contribution in [1.82, 2.24) is 24.7 Å². The van der Waals surface area contributed by atoms with E-state index in [1.165, 1.54) is 0 Å². The van der Waals surface area contributed by atoms with Crippen molar-refractivity contribution in [2.24, 2.45) is 0 Å². The van der Waals surface area contributed by atoms with E-state index in [1.807, 2.05) is 30.6 Å². The highest BCUT2D eigenvalue weighted by Gasteiger charge is 2.07. The standard InChI is InChI=1S/C13H14BrN5O/c1-8-9(2)20-13(18-8)6-15-3-10-4-17-12-5-16-11(14)7-19(10)12/h4-5,7,15H,3,6H2,1-2H3. The van der Waals surface area contributed by atoms with E-state index in [-0.39, 0.29) is 0 Å². The molecule has 0 atom stereocenters. The molecule has 0 aliphatic carbocycles. The van der Waals surface area contributed by atoms with Gasteiger partial charge in [-0.2, -0.15) is 0 Å². The van der Waals surface area contributed by atoms with E-state index in [2.05, 4.69) is 36.2 Å². The maximum Gasteiger partial charge on any atom is 0.208 e. The molecule has 0 aliphatic heterocycles. The maximum atomic E-state index is 5.53. The van der Waals surface area contributed by atoms with Crippen LogP contribution in [0.3, 0.4) is 0 Å². The fourth-order valence-corrected chi connectivity index (χ4v) is 2.27. The van der Waals surface area contributed by atoms with Crippen LogP contribution >= 0.6 is 15.9 Å². The third-order valence-electron chi connectivity index (χ3n) is 3.10. The largest absolute Gasteiger partial charge is 0.444 e. The van der Waals surface area contributed by atoms with Gasteiger partial charge in [-0.15, -0.1) is 0 Å². The summed E-state index contributed by atoms with van der Waals surface area (Å²) in [7, 11) is 0. The van der Waals surface area contributed by atoms with Crippen LogP contribution < -0.4 is 5.32 Å². The Balaban J connectivity index is 1.69. The molecule has 0 spiro atoms. The number of rotatable bonds is 4. The molecule has 20 heavy (non-hydrogen) atoms. The summed E-state index contributed by atoms with van der Waals surface area (Å²) in [4.78, 5) is 12.8. The molecule has 0 radical (unpaired) electrons. The molecule has 0 saturated carbocycles. The number of hydrogen-bond donors (Lipinski definition) is 1. The van der Waals surface area contributed by atoms with Crippen LogP contribution in [-0.2, 0) is 13.1 Å². The Bertz CT molecular complexity index is 729. The predicted octanol–water partition coefficient (Wildman–Crippen LogP) is 2.39. The summed E-state index contributed by atoms with van der Waals surface area (Å²) in [6, 6.07) is 0. The molecule has 0 amide bonds. The topological polar surface area (TPSA) is 68.2 Å². The molecule has 7 heteroatoms. The third-order valence-corrected chi connectivity index (χ3v) is 3.51. The molecule has 6 nitrogen and oxygen atoms in total. The van der Waals surface area contributed by atoms with E-state index >= 15 is 0 Å². The molecule has 3 aromatic rings. The Morgan fingerprint density at radius 2 is 2.10 bits per heavy atom. The number of nitrogens with zero attached hydrogens (tertiary/aromatic N) is 4. The first-order valence-electron chi connectivity index (χ1n) is 6.24. The molecule has 0 saturated heterocycles. The van der Waals surface area contributed by atoms with Crippen LogP contribution in [0.2, 0.25) is 0 Å². The fraction of sp³-hybridized carbons (Fsp3) is 0.308. The van der Waals surface area contributed by atoms with Crippen molar-refractivity contribution in [2.45, 2.75) is 26.9 Å². The first-order valence-corrected chi connectivity index (χ1v) is 7.04. The zero-order chi connectivity index (χ0) is 14.1. The number of aryl methyl sites for hydroxylation is 2. The number of oxazole rings is 1. The van der Waals surface area contributed by atoms with E-state index in [9.17, 15) is 0 Å². The Kier molecular flexibility index (Phi) is 3.54. The van der Waals surface area contributed by atoms with Crippen LogP contribution in [-0.4, -0.2) is 19.4 Å². The van der Waals surface area contributed by atoms with E-state index < -0.39 is 0 Å². The lowest BCUT2D eigenvalue weighted by Gasteiger charge is -2.03. The van der Waals surface area contributed by atoms with Crippen molar-refractivity contribution in [3.8, 4) is 0 Å². The minimum absolute atomic E-state index is 0.591. The predicted molar refractivity (Wildman–Crippen MR) is 77.2 cm³/mol. The number of aromatic nitrogens is 4. The van der Waals surface area contributed by atoms with Crippen molar-refractivity contribution < 1.29 is 4.42 Å². The minimum atomic E-state index is 0.591. The Hall–Kier alpha value is -1.73. The summed E-state index contributed by atoms with van der Waals surface area (Å²) >= 11 is 3.36. The lowest BCUT2D eigenvalue weighted by atomic mass is 10.4. The second kappa shape index (κ2) is 5.34. The lowest BCUT2D eigenvalue weighted by molar-refractivity contribution is 0.447. The summed E-state index contributed by atoms with van der Waals surface area (Å²) in [6.45, 7) is 5.13. The summed E-state index contributed by atoms with van der Waals surface area (Å²) in [5.74, 6) is 1.57. The molecule has 0 bridgehead atoms. The van der Waals surface area contributed by atoms with Gasteiger partial charge in [0.15, 0.2) is 5.65 Å². The van der Waals surface area contributed by atoms with E-state index in [0.717, 1.165) is 27.4 Å². The van der Waals surface area contributed by atoms with Crippen LogP contribution in [0, 0.1) is 13.8 Å². The van der Waals surface area contributed by atoms with Gasteiger partial charge in [-0.25, -0.2) is 15.0 Å². The molecular weight excluding hydrogens is 322 g/mol. The number of nitrogens with one attached hydrogen (secondary N) is 1. The first-order chi connectivity index (χ1) is 9.63. The average molecular weight is 336 g/mol. The normalized spacial score (nSPS) is 11.3. The van der Waals surface area contributed by atoms with Gasteiger partial charge in [0.2, 0.25) is 5.89 Å². The average Bonchev–Trinajstić information content (AvgIpc) is 2.94. The van der Waals surface area contributed by atoms with Crippen molar-refractivity contribution >= 4 is 21.6 Å². The molecular formula is C13H14BrN5O. The first kappa shape index (κ1) is 13.3. The van der Waals surface area contributed by atoms with Gasteiger partial charge in [0.25, 0.3) is 0 Å². The summed E-state index contributed by atoms with van der Waals surface area (Å²) < 4.78 is 8.30. The van der Waals surface area contributed by atoms with Gasteiger partial charge < -0.3 is 9.73 Å². The van der Waals surface area contributed by atoms with E-state index in [1.54, 1.807) is 6.20 Å². The van der Waals surface area contributed by atoms with Crippen molar-refractivity contribution in [3.05, 3.63) is 46.2 Å². The third kappa shape index (κ3) is 2.59. The Morgan fingerprint density at radius 3 is 2.85 bits per heavy atom. The highest BCUT2D eigenvalue weighted by atomic mass is 79.9. The maximum absolute atomic E-state index is 5.53.